The van der Waals surface area contributed by atoms with Gasteiger partial charge in [0.15, 0.2) is 6.10 Å². The number of nitrogens with one attached hydrogen (secondary N) is 1. The normalized spacial score (nSPS) is 11.5. The molecule has 0 aliphatic carbocycles. The standard InChI is InChI=1S/C19H21NO4/c1-4-23-19(22)15-8-10-17(11-9-15)24-14(3)18(21)20-16-7-5-6-13(2)12-16/h5-12,14H,4H2,1-3H3,(H,20,21)/t14-/m1/s1. The highest BCUT2D eigenvalue weighted by atomic mass is 16.5. The zero-order valence-electron chi connectivity index (χ0n) is 14.0. The van der Waals surface area contributed by atoms with Gasteiger partial charge in [-0.25, -0.2) is 4.79 Å². The zero-order chi connectivity index (χ0) is 17.5. The second-order valence-corrected chi connectivity index (χ2v) is 5.36. The van der Waals surface area contributed by atoms with E-state index >= 15 is 0 Å². The molecule has 1 atom stereocenters. The third kappa shape index (κ3) is 4.84. The van der Waals surface area contributed by atoms with Crippen LogP contribution in [0.15, 0.2) is 48.5 Å². The molecule has 126 valence electrons. The van der Waals surface area contributed by atoms with E-state index in [2.05, 4.69) is 5.32 Å². The maximum atomic E-state index is 12.2. The lowest BCUT2D eigenvalue weighted by molar-refractivity contribution is -0.122. The van der Waals surface area contributed by atoms with Gasteiger partial charge in [0.1, 0.15) is 5.75 Å². The third-order valence-corrected chi connectivity index (χ3v) is 3.33. The van der Waals surface area contributed by atoms with Crippen LogP contribution in [0.25, 0.3) is 0 Å². The van der Waals surface area contributed by atoms with Crippen LogP contribution in [0.5, 0.6) is 5.75 Å². The Bertz CT molecular complexity index is 710. The van der Waals surface area contributed by atoms with Crippen LogP contribution in [0.2, 0.25) is 0 Å². The molecule has 0 spiro atoms. The van der Waals surface area contributed by atoms with E-state index in [4.69, 9.17) is 9.47 Å². The Hall–Kier alpha value is -2.82. The molecule has 0 saturated carbocycles. The molecule has 0 heterocycles. The summed E-state index contributed by atoms with van der Waals surface area (Å²) in [5.74, 6) is -0.112. The van der Waals surface area contributed by atoms with E-state index in [1.54, 1.807) is 38.1 Å². The number of hydrogen-bond acceptors (Lipinski definition) is 4. The quantitative estimate of drug-likeness (QED) is 0.824. The van der Waals surface area contributed by atoms with Gasteiger partial charge >= 0.3 is 5.97 Å². The number of rotatable bonds is 6. The number of hydrogen-bond donors (Lipinski definition) is 1. The van der Waals surface area contributed by atoms with E-state index in [1.165, 1.54) is 0 Å². The topological polar surface area (TPSA) is 64.6 Å². The second kappa shape index (κ2) is 8.15. The predicted molar refractivity (Wildman–Crippen MR) is 92.3 cm³/mol. The lowest BCUT2D eigenvalue weighted by atomic mass is 10.2. The van der Waals surface area contributed by atoms with E-state index in [-0.39, 0.29) is 11.9 Å². The van der Waals surface area contributed by atoms with Gasteiger partial charge in [0.05, 0.1) is 12.2 Å². The summed E-state index contributed by atoms with van der Waals surface area (Å²) in [6, 6.07) is 14.1. The molecule has 0 aliphatic rings. The summed E-state index contributed by atoms with van der Waals surface area (Å²) in [6.45, 7) is 5.71. The Labute approximate surface area is 141 Å². The van der Waals surface area contributed by atoms with Crippen molar-refractivity contribution >= 4 is 17.6 Å². The summed E-state index contributed by atoms with van der Waals surface area (Å²) in [6.07, 6.45) is -0.668. The molecule has 0 radical (unpaired) electrons. The van der Waals surface area contributed by atoms with Crippen molar-refractivity contribution in [3.05, 3.63) is 59.7 Å². The van der Waals surface area contributed by atoms with Gasteiger partial charge < -0.3 is 14.8 Å². The molecular weight excluding hydrogens is 306 g/mol. The highest BCUT2D eigenvalue weighted by molar-refractivity contribution is 5.94. The van der Waals surface area contributed by atoms with Crippen LogP contribution in [0, 0.1) is 6.92 Å². The van der Waals surface area contributed by atoms with Crippen LogP contribution in [0.3, 0.4) is 0 Å². The summed E-state index contributed by atoms with van der Waals surface area (Å²) in [4.78, 5) is 23.8. The molecule has 2 aromatic carbocycles. The summed E-state index contributed by atoms with van der Waals surface area (Å²) < 4.78 is 10.5. The SMILES string of the molecule is CCOC(=O)c1ccc(O[C@H](C)C(=O)Nc2cccc(C)c2)cc1. The summed E-state index contributed by atoms with van der Waals surface area (Å²) in [5.41, 5.74) is 2.24. The van der Waals surface area contributed by atoms with Crippen molar-refractivity contribution in [2.75, 3.05) is 11.9 Å². The van der Waals surface area contributed by atoms with Crippen LogP contribution in [-0.2, 0) is 9.53 Å². The largest absolute Gasteiger partial charge is 0.481 e. The van der Waals surface area contributed by atoms with Gasteiger partial charge in [0, 0.05) is 5.69 Å². The molecule has 24 heavy (non-hydrogen) atoms. The number of aryl methyl sites for hydroxylation is 1. The monoisotopic (exact) mass is 327 g/mol. The molecule has 2 aromatic rings. The molecule has 0 aliphatic heterocycles. The first-order chi connectivity index (χ1) is 11.5. The van der Waals surface area contributed by atoms with Gasteiger partial charge in [-0.1, -0.05) is 12.1 Å². The van der Waals surface area contributed by atoms with Gasteiger partial charge in [0.2, 0.25) is 0 Å². The number of carbonyl (C=O) groups excluding carboxylic acids is 2. The number of esters is 1. The molecule has 0 aromatic heterocycles. The Morgan fingerprint density at radius 1 is 1.12 bits per heavy atom. The first-order valence-electron chi connectivity index (χ1n) is 7.81. The van der Waals surface area contributed by atoms with Crippen molar-refractivity contribution in [3.63, 3.8) is 0 Å². The molecular formula is C19H21NO4. The Balaban J connectivity index is 1.94. The number of benzene rings is 2. The minimum absolute atomic E-state index is 0.241. The van der Waals surface area contributed by atoms with Crippen molar-refractivity contribution in [2.24, 2.45) is 0 Å². The smallest absolute Gasteiger partial charge is 0.338 e. The maximum Gasteiger partial charge on any atom is 0.338 e. The van der Waals surface area contributed by atoms with Gasteiger partial charge in [-0.3, -0.25) is 4.79 Å². The maximum absolute atomic E-state index is 12.2. The second-order valence-electron chi connectivity index (χ2n) is 5.36. The molecule has 2 rings (SSSR count). The summed E-state index contributed by atoms with van der Waals surface area (Å²) >= 11 is 0. The Kier molecular flexibility index (Phi) is 5.95. The first-order valence-corrected chi connectivity index (χ1v) is 7.81. The van der Waals surface area contributed by atoms with Gasteiger partial charge in [-0.2, -0.15) is 0 Å². The Morgan fingerprint density at radius 3 is 2.46 bits per heavy atom. The molecule has 1 N–H and O–H groups in total. The highest BCUT2D eigenvalue weighted by Gasteiger charge is 2.15. The number of anilines is 1. The fourth-order valence-electron chi connectivity index (χ4n) is 2.11. The van der Waals surface area contributed by atoms with Crippen molar-refractivity contribution in [1.29, 1.82) is 0 Å². The first kappa shape index (κ1) is 17.5. The number of amides is 1. The minimum Gasteiger partial charge on any atom is -0.481 e. The van der Waals surface area contributed by atoms with Crippen molar-refractivity contribution in [2.45, 2.75) is 26.9 Å². The third-order valence-electron chi connectivity index (χ3n) is 3.33. The van der Waals surface area contributed by atoms with E-state index in [0.717, 1.165) is 11.3 Å². The van der Waals surface area contributed by atoms with E-state index in [9.17, 15) is 9.59 Å². The number of ether oxygens (including phenoxy) is 2. The van der Waals surface area contributed by atoms with Crippen LogP contribution in [0.4, 0.5) is 5.69 Å². The zero-order valence-corrected chi connectivity index (χ0v) is 14.0. The highest BCUT2D eigenvalue weighted by Crippen LogP contribution is 2.16. The van der Waals surface area contributed by atoms with Gasteiger partial charge in [0.25, 0.3) is 5.91 Å². The average Bonchev–Trinajstić information content (AvgIpc) is 2.55. The summed E-state index contributed by atoms with van der Waals surface area (Å²) in [5, 5.41) is 2.81. The van der Waals surface area contributed by atoms with E-state index in [0.29, 0.717) is 17.9 Å². The van der Waals surface area contributed by atoms with Crippen molar-refractivity contribution < 1.29 is 19.1 Å². The average molecular weight is 327 g/mol. The lowest BCUT2D eigenvalue weighted by Gasteiger charge is -2.15. The van der Waals surface area contributed by atoms with E-state index < -0.39 is 6.10 Å². The minimum atomic E-state index is -0.668. The fraction of sp³-hybridized carbons (Fsp3) is 0.263. The van der Waals surface area contributed by atoms with E-state index in [1.807, 2.05) is 31.2 Å². The lowest BCUT2D eigenvalue weighted by Crippen LogP contribution is -2.30. The van der Waals surface area contributed by atoms with Gasteiger partial charge in [-0.15, -0.1) is 0 Å². The summed E-state index contributed by atoms with van der Waals surface area (Å²) in [7, 11) is 0. The molecule has 5 nitrogen and oxygen atoms in total. The Morgan fingerprint density at radius 2 is 1.83 bits per heavy atom. The molecule has 0 fully saturated rings. The van der Waals surface area contributed by atoms with Crippen LogP contribution >= 0.6 is 0 Å². The number of carbonyl (C=O) groups is 2. The molecule has 1 amide bonds. The van der Waals surface area contributed by atoms with Crippen LogP contribution < -0.4 is 10.1 Å². The molecule has 5 heteroatoms. The van der Waals surface area contributed by atoms with Crippen molar-refractivity contribution in [1.82, 2.24) is 0 Å². The predicted octanol–water partition coefficient (Wildman–Crippen LogP) is 3.58. The fourth-order valence-corrected chi connectivity index (χ4v) is 2.11. The van der Waals surface area contributed by atoms with Crippen molar-refractivity contribution in [3.8, 4) is 5.75 Å². The molecule has 0 unspecified atom stereocenters. The van der Waals surface area contributed by atoms with Crippen LogP contribution in [0.1, 0.15) is 29.8 Å². The van der Waals surface area contributed by atoms with Crippen LogP contribution in [-0.4, -0.2) is 24.6 Å². The van der Waals surface area contributed by atoms with Gasteiger partial charge in [-0.05, 0) is 62.7 Å². The molecule has 0 saturated heterocycles. The molecule has 0 bridgehead atoms.